The van der Waals surface area contributed by atoms with Gasteiger partial charge in [0.15, 0.2) is 0 Å². The van der Waals surface area contributed by atoms with Crippen LogP contribution in [0.2, 0.25) is 0 Å². The topological polar surface area (TPSA) is 73.6 Å². The molecular weight excluding hydrogens is 268 g/mol. The molecule has 0 saturated carbocycles. The number of nitrogens with one attached hydrogen (secondary N) is 1. The zero-order chi connectivity index (χ0) is 14.9. The molecule has 0 aromatic heterocycles. The van der Waals surface area contributed by atoms with E-state index in [9.17, 15) is 4.79 Å². The summed E-state index contributed by atoms with van der Waals surface area (Å²) in [6.07, 6.45) is 3.67. The Labute approximate surface area is 125 Å². The number of ether oxygens (including phenoxy) is 2. The summed E-state index contributed by atoms with van der Waals surface area (Å²) in [5.74, 6) is 0.0136. The van der Waals surface area contributed by atoms with Crippen molar-refractivity contribution in [3.8, 4) is 0 Å². The summed E-state index contributed by atoms with van der Waals surface area (Å²) in [6.45, 7) is 2.80. The Bertz CT molecular complexity index is 445. The first-order valence-corrected chi connectivity index (χ1v) is 7.54. The monoisotopic (exact) mass is 292 g/mol. The van der Waals surface area contributed by atoms with E-state index in [1.54, 1.807) is 0 Å². The van der Waals surface area contributed by atoms with Gasteiger partial charge in [-0.2, -0.15) is 0 Å². The minimum atomic E-state index is 0.0136. The van der Waals surface area contributed by atoms with Gasteiger partial charge in [0.25, 0.3) is 0 Å². The Kier molecular flexibility index (Phi) is 6.50. The lowest BCUT2D eigenvalue weighted by Crippen LogP contribution is -2.27. The molecule has 1 heterocycles. The number of carbonyl (C=O) groups is 1. The fourth-order valence-corrected chi connectivity index (χ4v) is 2.34. The minimum Gasteiger partial charge on any atom is -0.399 e. The predicted octanol–water partition coefficient (Wildman–Crippen LogP) is 1.51. The van der Waals surface area contributed by atoms with Crippen molar-refractivity contribution >= 4 is 11.6 Å². The van der Waals surface area contributed by atoms with Crippen molar-refractivity contribution in [2.75, 3.05) is 32.1 Å². The number of nitrogen functional groups attached to an aromatic ring is 1. The van der Waals surface area contributed by atoms with E-state index >= 15 is 0 Å². The number of hydrogen-bond donors (Lipinski definition) is 2. The van der Waals surface area contributed by atoms with Crippen LogP contribution in [0.15, 0.2) is 24.3 Å². The minimum absolute atomic E-state index is 0.0136. The number of hydrogen-bond acceptors (Lipinski definition) is 4. The molecule has 1 aromatic rings. The first kappa shape index (κ1) is 15.8. The maximum atomic E-state index is 11.8. The van der Waals surface area contributed by atoms with Gasteiger partial charge in [0, 0.05) is 25.4 Å². The molecule has 1 unspecified atom stereocenters. The summed E-state index contributed by atoms with van der Waals surface area (Å²) in [5, 5.41) is 2.89. The molecule has 0 bridgehead atoms. The van der Waals surface area contributed by atoms with Crippen LogP contribution in [0.1, 0.15) is 24.8 Å². The highest BCUT2D eigenvalue weighted by molar-refractivity contribution is 5.78. The largest absolute Gasteiger partial charge is 0.399 e. The molecule has 5 heteroatoms. The fourth-order valence-electron chi connectivity index (χ4n) is 2.34. The second kappa shape index (κ2) is 8.64. The van der Waals surface area contributed by atoms with E-state index in [1.807, 2.05) is 24.3 Å². The summed E-state index contributed by atoms with van der Waals surface area (Å²) in [6, 6.07) is 7.40. The summed E-state index contributed by atoms with van der Waals surface area (Å²) in [4.78, 5) is 11.8. The van der Waals surface area contributed by atoms with E-state index in [2.05, 4.69) is 5.32 Å². The molecule has 0 aliphatic carbocycles. The van der Waals surface area contributed by atoms with E-state index in [4.69, 9.17) is 15.2 Å². The van der Waals surface area contributed by atoms with Crippen LogP contribution in [0.25, 0.3) is 0 Å². The van der Waals surface area contributed by atoms with Crippen LogP contribution < -0.4 is 11.1 Å². The lowest BCUT2D eigenvalue weighted by molar-refractivity contribution is -0.120. The average molecular weight is 292 g/mol. The highest BCUT2D eigenvalue weighted by Crippen LogP contribution is 2.11. The third kappa shape index (κ3) is 6.14. The summed E-state index contributed by atoms with van der Waals surface area (Å²) >= 11 is 0. The molecule has 1 atom stereocenters. The highest BCUT2D eigenvalue weighted by atomic mass is 16.5. The Morgan fingerprint density at radius 1 is 1.48 bits per heavy atom. The zero-order valence-electron chi connectivity index (χ0n) is 12.3. The SMILES string of the molecule is Nc1cccc(CC(=O)NCCCOCC2CCCO2)c1. The molecule has 0 radical (unpaired) electrons. The first-order valence-electron chi connectivity index (χ1n) is 7.54. The molecule has 0 spiro atoms. The molecule has 1 amide bonds. The Morgan fingerprint density at radius 2 is 2.38 bits per heavy atom. The van der Waals surface area contributed by atoms with Gasteiger partial charge in [-0.3, -0.25) is 4.79 Å². The van der Waals surface area contributed by atoms with Crippen molar-refractivity contribution < 1.29 is 14.3 Å². The van der Waals surface area contributed by atoms with Gasteiger partial charge in [-0.25, -0.2) is 0 Å². The molecule has 1 aliphatic rings. The lowest BCUT2D eigenvalue weighted by atomic mass is 10.1. The number of rotatable bonds is 8. The standard InChI is InChI=1S/C16H24N2O3/c17-14-5-1-4-13(10-14)11-16(19)18-7-3-8-20-12-15-6-2-9-21-15/h1,4-5,10,15H,2-3,6-9,11-12,17H2,(H,18,19). The molecular formula is C16H24N2O3. The van der Waals surface area contributed by atoms with Crippen molar-refractivity contribution in [3.05, 3.63) is 29.8 Å². The van der Waals surface area contributed by atoms with E-state index < -0.39 is 0 Å². The quantitative estimate of drug-likeness (QED) is 0.563. The Balaban J connectivity index is 1.51. The predicted molar refractivity (Wildman–Crippen MR) is 82.0 cm³/mol. The highest BCUT2D eigenvalue weighted by Gasteiger charge is 2.14. The molecule has 1 aromatic carbocycles. The van der Waals surface area contributed by atoms with Gasteiger partial charge in [-0.1, -0.05) is 12.1 Å². The first-order chi connectivity index (χ1) is 10.2. The number of carbonyl (C=O) groups excluding carboxylic acids is 1. The number of nitrogens with two attached hydrogens (primary N) is 1. The Morgan fingerprint density at radius 3 is 3.14 bits per heavy atom. The smallest absolute Gasteiger partial charge is 0.224 e. The van der Waals surface area contributed by atoms with Crippen LogP contribution in [-0.2, 0) is 20.7 Å². The van der Waals surface area contributed by atoms with Gasteiger partial charge < -0.3 is 20.5 Å². The maximum Gasteiger partial charge on any atom is 0.224 e. The maximum absolute atomic E-state index is 11.8. The molecule has 1 saturated heterocycles. The van der Waals surface area contributed by atoms with Gasteiger partial charge >= 0.3 is 0 Å². The van der Waals surface area contributed by atoms with Crippen LogP contribution in [0.5, 0.6) is 0 Å². The van der Waals surface area contributed by atoms with E-state index in [0.29, 0.717) is 31.9 Å². The van der Waals surface area contributed by atoms with Crippen molar-refractivity contribution in [1.82, 2.24) is 5.32 Å². The van der Waals surface area contributed by atoms with Crippen LogP contribution in [0, 0.1) is 0 Å². The Hall–Kier alpha value is -1.59. The van der Waals surface area contributed by atoms with Gasteiger partial charge in [0.05, 0.1) is 19.1 Å². The number of benzene rings is 1. The molecule has 21 heavy (non-hydrogen) atoms. The van der Waals surface area contributed by atoms with Crippen LogP contribution >= 0.6 is 0 Å². The van der Waals surface area contributed by atoms with Gasteiger partial charge in [-0.15, -0.1) is 0 Å². The van der Waals surface area contributed by atoms with Crippen molar-refractivity contribution in [2.24, 2.45) is 0 Å². The molecule has 3 N–H and O–H groups in total. The van der Waals surface area contributed by atoms with E-state index in [-0.39, 0.29) is 12.0 Å². The molecule has 5 nitrogen and oxygen atoms in total. The molecule has 116 valence electrons. The van der Waals surface area contributed by atoms with Crippen LogP contribution in [0.3, 0.4) is 0 Å². The van der Waals surface area contributed by atoms with Gasteiger partial charge in [0.2, 0.25) is 5.91 Å². The van der Waals surface area contributed by atoms with Crippen LogP contribution in [-0.4, -0.2) is 38.4 Å². The van der Waals surface area contributed by atoms with Crippen molar-refractivity contribution in [2.45, 2.75) is 31.8 Å². The number of anilines is 1. The summed E-state index contributed by atoms with van der Waals surface area (Å²) < 4.78 is 11.0. The third-order valence-corrected chi connectivity index (χ3v) is 3.43. The molecule has 1 fully saturated rings. The van der Waals surface area contributed by atoms with Crippen LogP contribution in [0.4, 0.5) is 5.69 Å². The second-order valence-corrected chi connectivity index (χ2v) is 5.34. The molecule has 1 aliphatic heterocycles. The van der Waals surface area contributed by atoms with Crippen molar-refractivity contribution in [1.29, 1.82) is 0 Å². The third-order valence-electron chi connectivity index (χ3n) is 3.43. The van der Waals surface area contributed by atoms with Gasteiger partial charge in [0.1, 0.15) is 0 Å². The van der Waals surface area contributed by atoms with E-state index in [1.165, 1.54) is 0 Å². The lowest BCUT2D eigenvalue weighted by Gasteiger charge is -2.10. The zero-order valence-corrected chi connectivity index (χ0v) is 12.3. The fraction of sp³-hybridized carbons (Fsp3) is 0.562. The summed E-state index contributed by atoms with van der Waals surface area (Å²) in [7, 11) is 0. The second-order valence-electron chi connectivity index (χ2n) is 5.34. The summed E-state index contributed by atoms with van der Waals surface area (Å²) in [5.41, 5.74) is 7.30. The van der Waals surface area contributed by atoms with E-state index in [0.717, 1.165) is 31.4 Å². The van der Waals surface area contributed by atoms with Gasteiger partial charge in [-0.05, 0) is 37.0 Å². The number of amides is 1. The normalized spacial score (nSPS) is 17.8. The molecule has 2 rings (SSSR count). The van der Waals surface area contributed by atoms with Crippen molar-refractivity contribution in [3.63, 3.8) is 0 Å². The average Bonchev–Trinajstić information content (AvgIpc) is 2.96.